The zero-order valence-electron chi connectivity index (χ0n) is 16.7. The molecule has 0 radical (unpaired) electrons. The first-order valence-corrected chi connectivity index (χ1v) is 11.7. The molecule has 1 aliphatic rings. The topological polar surface area (TPSA) is 37.4 Å². The fraction of sp³-hybridized carbons (Fsp3) is 0.280. The molecule has 1 heterocycles. The summed E-state index contributed by atoms with van der Waals surface area (Å²) in [5, 5.41) is 0. The predicted octanol–water partition coefficient (Wildman–Crippen LogP) is 5.52. The highest BCUT2D eigenvalue weighted by atomic mass is 32.2. The number of rotatable bonds is 5. The SMILES string of the molecule is Cc1ccc(S(=O)(=O)N2[C@@H](Cc3ccccc3)CCC[C@H]2c2ccccc2)cc1. The fourth-order valence-electron chi connectivity index (χ4n) is 4.32. The first-order chi connectivity index (χ1) is 14.1. The maximum Gasteiger partial charge on any atom is 0.243 e. The van der Waals surface area contributed by atoms with Crippen molar-refractivity contribution in [1.29, 1.82) is 0 Å². The Morgan fingerprint density at radius 2 is 1.45 bits per heavy atom. The molecule has 3 nitrogen and oxygen atoms in total. The van der Waals surface area contributed by atoms with Gasteiger partial charge in [0.25, 0.3) is 0 Å². The number of hydrogen-bond acceptors (Lipinski definition) is 2. The van der Waals surface area contributed by atoms with E-state index in [0.29, 0.717) is 4.90 Å². The van der Waals surface area contributed by atoms with Gasteiger partial charge in [0.2, 0.25) is 10.0 Å². The highest BCUT2D eigenvalue weighted by Gasteiger charge is 2.40. The lowest BCUT2D eigenvalue weighted by Crippen LogP contribution is -2.46. The third-order valence-electron chi connectivity index (χ3n) is 5.78. The van der Waals surface area contributed by atoms with Crippen LogP contribution in [0.5, 0.6) is 0 Å². The molecule has 0 amide bonds. The highest BCUT2D eigenvalue weighted by molar-refractivity contribution is 7.89. The molecule has 150 valence electrons. The van der Waals surface area contributed by atoms with Gasteiger partial charge in [-0.2, -0.15) is 4.31 Å². The van der Waals surface area contributed by atoms with Crippen molar-refractivity contribution in [1.82, 2.24) is 4.31 Å². The van der Waals surface area contributed by atoms with Gasteiger partial charge in [0.15, 0.2) is 0 Å². The number of benzene rings is 3. The summed E-state index contributed by atoms with van der Waals surface area (Å²) in [6, 6.07) is 27.3. The van der Waals surface area contributed by atoms with E-state index in [2.05, 4.69) is 12.1 Å². The van der Waals surface area contributed by atoms with E-state index in [9.17, 15) is 8.42 Å². The first-order valence-electron chi connectivity index (χ1n) is 10.2. The molecule has 0 saturated carbocycles. The van der Waals surface area contributed by atoms with Gasteiger partial charge in [0, 0.05) is 6.04 Å². The third-order valence-corrected chi connectivity index (χ3v) is 7.75. The summed E-state index contributed by atoms with van der Waals surface area (Å²) in [5.41, 5.74) is 3.30. The number of nitrogens with zero attached hydrogens (tertiary/aromatic N) is 1. The second-order valence-electron chi connectivity index (χ2n) is 7.85. The van der Waals surface area contributed by atoms with E-state index in [0.717, 1.165) is 36.8 Å². The lowest BCUT2D eigenvalue weighted by molar-refractivity contribution is 0.179. The molecular weight excluding hydrogens is 378 g/mol. The van der Waals surface area contributed by atoms with E-state index in [1.54, 1.807) is 16.4 Å². The second-order valence-corrected chi connectivity index (χ2v) is 9.69. The lowest BCUT2D eigenvalue weighted by atomic mass is 9.90. The number of piperidine rings is 1. The van der Waals surface area contributed by atoms with Gasteiger partial charge in [-0.3, -0.25) is 0 Å². The van der Waals surface area contributed by atoms with Crippen LogP contribution >= 0.6 is 0 Å². The average Bonchev–Trinajstić information content (AvgIpc) is 2.75. The summed E-state index contributed by atoms with van der Waals surface area (Å²) in [6.45, 7) is 1.97. The average molecular weight is 406 g/mol. The lowest BCUT2D eigenvalue weighted by Gasteiger charge is -2.41. The van der Waals surface area contributed by atoms with Gasteiger partial charge in [-0.25, -0.2) is 8.42 Å². The van der Waals surface area contributed by atoms with Crippen LogP contribution in [0.2, 0.25) is 0 Å². The molecule has 0 bridgehead atoms. The quantitative estimate of drug-likeness (QED) is 0.560. The summed E-state index contributed by atoms with van der Waals surface area (Å²) in [5.74, 6) is 0. The second kappa shape index (κ2) is 8.52. The van der Waals surface area contributed by atoms with Crippen LogP contribution in [0, 0.1) is 6.92 Å². The first kappa shape index (κ1) is 19.9. The van der Waals surface area contributed by atoms with Crippen molar-refractivity contribution in [2.45, 2.75) is 49.6 Å². The van der Waals surface area contributed by atoms with E-state index in [1.165, 1.54) is 5.56 Å². The Hall–Kier alpha value is -2.43. The minimum absolute atomic E-state index is 0.0531. The van der Waals surface area contributed by atoms with Gasteiger partial charge in [0.05, 0.1) is 10.9 Å². The van der Waals surface area contributed by atoms with Crippen molar-refractivity contribution >= 4 is 10.0 Å². The molecular formula is C25H27NO2S. The van der Waals surface area contributed by atoms with E-state index >= 15 is 0 Å². The Balaban J connectivity index is 1.77. The Bertz CT molecular complexity index is 1030. The van der Waals surface area contributed by atoms with Gasteiger partial charge in [-0.1, -0.05) is 78.4 Å². The van der Waals surface area contributed by atoms with Crippen LogP contribution in [-0.4, -0.2) is 18.8 Å². The summed E-state index contributed by atoms with van der Waals surface area (Å²) < 4.78 is 29.4. The molecule has 1 aliphatic heterocycles. The van der Waals surface area contributed by atoms with Gasteiger partial charge in [0.1, 0.15) is 0 Å². The minimum atomic E-state index is -3.61. The Morgan fingerprint density at radius 1 is 0.828 bits per heavy atom. The molecule has 0 unspecified atom stereocenters. The van der Waals surface area contributed by atoms with Crippen molar-refractivity contribution in [3.05, 3.63) is 102 Å². The summed E-state index contributed by atoms with van der Waals surface area (Å²) >= 11 is 0. The van der Waals surface area contributed by atoms with Gasteiger partial charge >= 0.3 is 0 Å². The van der Waals surface area contributed by atoms with Crippen LogP contribution in [0.15, 0.2) is 89.8 Å². The fourth-order valence-corrected chi connectivity index (χ4v) is 6.18. The van der Waals surface area contributed by atoms with Gasteiger partial charge in [-0.15, -0.1) is 0 Å². The summed E-state index contributed by atoms with van der Waals surface area (Å²) in [6.07, 6.45) is 3.48. The van der Waals surface area contributed by atoms with Crippen LogP contribution < -0.4 is 0 Å². The monoisotopic (exact) mass is 405 g/mol. The summed E-state index contributed by atoms with van der Waals surface area (Å²) in [4.78, 5) is 0.379. The van der Waals surface area contributed by atoms with Crippen LogP contribution in [-0.2, 0) is 16.4 Å². The van der Waals surface area contributed by atoms with Crippen molar-refractivity contribution in [2.75, 3.05) is 0 Å². The Morgan fingerprint density at radius 3 is 2.10 bits per heavy atom. The zero-order chi connectivity index (χ0) is 20.3. The van der Waals surface area contributed by atoms with Crippen molar-refractivity contribution < 1.29 is 8.42 Å². The molecule has 1 saturated heterocycles. The standard InChI is InChI=1S/C25H27NO2S/c1-20-15-17-24(18-16-20)29(27,28)26-23(19-21-9-4-2-5-10-21)13-8-14-25(26)22-11-6-3-7-12-22/h2-7,9-12,15-18,23,25H,8,13-14,19H2,1H3/t23-,25+/m1/s1. The molecule has 1 fully saturated rings. The molecule has 0 spiro atoms. The highest BCUT2D eigenvalue weighted by Crippen LogP contribution is 2.39. The maximum atomic E-state index is 13.8. The van der Waals surface area contributed by atoms with Crippen LogP contribution in [0.3, 0.4) is 0 Å². The van der Waals surface area contributed by atoms with E-state index in [-0.39, 0.29) is 12.1 Å². The predicted molar refractivity (Wildman–Crippen MR) is 117 cm³/mol. The Labute approximate surface area is 174 Å². The number of sulfonamides is 1. The minimum Gasteiger partial charge on any atom is -0.207 e. The largest absolute Gasteiger partial charge is 0.243 e. The van der Waals surface area contributed by atoms with Gasteiger partial charge in [-0.05, 0) is 55.9 Å². The van der Waals surface area contributed by atoms with Gasteiger partial charge < -0.3 is 0 Å². The van der Waals surface area contributed by atoms with Crippen LogP contribution in [0.25, 0.3) is 0 Å². The molecule has 4 rings (SSSR count). The Kier molecular flexibility index (Phi) is 5.84. The maximum absolute atomic E-state index is 13.8. The molecule has 3 aromatic rings. The molecule has 0 N–H and O–H groups in total. The molecule has 29 heavy (non-hydrogen) atoms. The zero-order valence-corrected chi connectivity index (χ0v) is 17.6. The van der Waals surface area contributed by atoms with Crippen LogP contribution in [0.4, 0.5) is 0 Å². The smallest absolute Gasteiger partial charge is 0.207 e. The molecule has 4 heteroatoms. The van der Waals surface area contributed by atoms with E-state index < -0.39 is 10.0 Å². The summed E-state index contributed by atoms with van der Waals surface area (Å²) in [7, 11) is -3.61. The molecule has 0 aromatic heterocycles. The third kappa shape index (κ3) is 4.29. The van der Waals surface area contributed by atoms with E-state index in [4.69, 9.17) is 0 Å². The molecule has 2 atom stereocenters. The van der Waals surface area contributed by atoms with Crippen molar-refractivity contribution in [3.63, 3.8) is 0 Å². The van der Waals surface area contributed by atoms with Crippen LogP contribution in [0.1, 0.15) is 42.0 Å². The van der Waals surface area contributed by atoms with Crippen molar-refractivity contribution in [3.8, 4) is 0 Å². The van der Waals surface area contributed by atoms with Crippen molar-refractivity contribution in [2.24, 2.45) is 0 Å². The molecule has 3 aromatic carbocycles. The molecule has 0 aliphatic carbocycles. The van der Waals surface area contributed by atoms with E-state index in [1.807, 2.05) is 67.6 Å². The normalized spacial score (nSPS) is 20.4. The number of hydrogen-bond donors (Lipinski definition) is 0. The number of aryl methyl sites for hydroxylation is 1.